The first-order chi connectivity index (χ1) is 11.2. The lowest BCUT2D eigenvalue weighted by atomic mass is 9.89. The highest BCUT2D eigenvalue weighted by Gasteiger charge is 2.50. The van der Waals surface area contributed by atoms with Crippen molar-refractivity contribution in [1.82, 2.24) is 0 Å². The Bertz CT molecular complexity index is 543. The number of ketones is 1. The average Bonchev–Trinajstić information content (AvgIpc) is 2.95. The van der Waals surface area contributed by atoms with E-state index in [9.17, 15) is 23.2 Å². The number of allylic oxidation sites excluding steroid dienone is 2. The van der Waals surface area contributed by atoms with E-state index in [-0.39, 0.29) is 43.2 Å². The lowest BCUT2D eigenvalue weighted by Crippen LogP contribution is -2.27. The Kier molecular flexibility index (Phi) is 5.72. The summed E-state index contributed by atoms with van der Waals surface area (Å²) in [6.45, 7) is 2.88. The summed E-state index contributed by atoms with van der Waals surface area (Å²) in [4.78, 5) is 34.2. The fourth-order valence-corrected chi connectivity index (χ4v) is 3.52. The maximum absolute atomic E-state index is 13.5. The minimum atomic E-state index is -3.36. The van der Waals surface area contributed by atoms with E-state index < -0.39 is 30.2 Å². The van der Waals surface area contributed by atoms with Crippen LogP contribution in [0.25, 0.3) is 0 Å². The summed E-state index contributed by atoms with van der Waals surface area (Å²) in [7, 11) is 0. The molecule has 2 fully saturated rings. The molecular formula is C17H22F2O5. The van der Waals surface area contributed by atoms with Crippen molar-refractivity contribution in [2.75, 3.05) is 0 Å². The second-order valence-electron chi connectivity index (χ2n) is 6.40. The van der Waals surface area contributed by atoms with Gasteiger partial charge < -0.3 is 9.47 Å². The number of carbonyl (C=O) groups is 3. The van der Waals surface area contributed by atoms with E-state index in [0.29, 0.717) is 6.42 Å². The largest absolute Gasteiger partial charge is 0.462 e. The molecule has 0 aromatic rings. The molecule has 0 spiro atoms. The molecule has 2 rings (SSSR count). The van der Waals surface area contributed by atoms with Crippen LogP contribution in [-0.4, -0.2) is 35.9 Å². The summed E-state index contributed by atoms with van der Waals surface area (Å²) in [6, 6.07) is 0. The van der Waals surface area contributed by atoms with Crippen LogP contribution < -0.4 is 0 Å². The number of esters is 2. The van der Waals surface area contributed by atoms with Crippen LogP contribution in [0.5, 0.6) is 0 Å². The Morgan fingerprint density at radius 1 is 1.42 bits per heavy atom. The van der Waals surface area contributed by atoms with Crippen LogP contribution in [0.15, 0.2) is 12.2 Å². The smallest absolute Gasteiger partial charge is 0.309 e. The molecule has 0 N–H and O–H groups in total. The van der Waals surface area contributed by atoms with Gasteiger partial charge in [-0.25, -0.2) is 0 Å². The standard InChI is InChI=1S/C17H22F2O5/c1-3-7-17(18,19)15(21)6-4-5-11-12-8-16(22)24-14(12)9-13(11)23-10(2)20/h4,6,11-14H,3,5,7-9H2,1-2H3/t11-,12-,13-,14+/m1/s1. The van der Waals surface area contributed by atoms with Gasteiger partial charge in [-0.05, 0) is 18.9 Å². The number of ether oxygens (including phenoxy) is 2. The molecular weight excluding hydrogens is 322 g/mol. The molecule has 4 atom stereocenters. The molecule has 1 saturated carbocycles. The van der Waals surface area contributed by atoms with Crippen LogP contribution >= 0.6 is 0 Å². The van der Waals surface area contributed by atoms with Crippen molar-refractivity contribution in [2.45, 2.75) is 64.1 Å². The van der Waals surface area contributed by atoms with E-state index in [4.69, 9.17) is 9.47 Å². The Morgan fingerprint density at radius 3 is 2.75 bits per heavy atom. The van der Waals surface area contributed by atoms with Gasteiger partial charge in [0.05, 0.1) is 6.42 Å². The maximum atomic E-state index is 13.5. The van der Waals surface area contributed by atoms with Crippen LogP contribution in [-0.2, 0) is 23.9 Å². The number of hydrogen-bond acceptors (Lipinski definition) is 5. The number of halogens is 2. The summed E-state index contributed by atoms with van der Waals surface area (Å²) in [5.74, 6) is -5.64. The van der Waals surface area contributed by atoms with Gasteiger partial charge >= 0.3 is 17.9 Å². The molecule has 0 aromatic heterocycles. The first kappa shape index (κ1) is 18.5. The molecule has 1 heterocycles. The molecule has 24 heavy (non-hydrogen) atoms. The zero-order valence-electron chi connectivity index (χ0n) is 13.8. The Balaban J connectivity index is 2.01. The summed E-state index contributed by atoms with van der Waals surface area (Å²) in [5, 5.41) is 0. The quantitative estimate of drug-likeness (QED) is 0.525. The molecule has 1 aliphatic carbocycles. The highest BCUT2D eigenvalue weighted by atomic mass is 19.3. The molecule has 1 saturated heterocycles. The van der Waals surface area contributed by atoms with Gasteiger partial charge in [-0.3, -0.25) is 14.4 Å². The summed E-state index contributed by atoms with van der Waals surface area (Å²) in [6.07, 6.45) is 2.19. The Labute approximate surface area is 139 Å². The molecule has 1 aliphatic heterocycles. The predicted molar refractivity (Wildman–Crippen MR) is 80.3 cm³/mol. The minimum absolute atomic E-state index is 0.113. The first-order valence-electron chi connectivity index (χ1n) is 8.20. The van der Waals surface area contributed by atoms with Crippen molar-refractivity contribution in [2.24, 2.45) is 11.8 Å². The third-order valence-electron chi connectivity index (χ3n) is 4.57. The van der Waals surface area contributed by atoms with E-state index in [1.54, 1.807) is 6.92 Å². The van der Waals surface area contributed by atoms with Gasteiger partial charge in [-0.15, -0.1) is 0 Å². The summed E-state index contributed by atoms with van der Waals surface area (Å²) >= 11 is 0. The lowest BCUT2D eigenvalue weighted by Gasteiger charge is -2.21. The van der Waals surface area contributed by atoms with Gasteiger partial charge in [0, 0.05) is 31.6 Å². The Hall–Kier alpha value is -1.79. The van der Waals surface area contributed by atoms with E-state index in [1.807, 2.05) is 0 Å². The van der Waals surface area contributed by atoms with Gasteiger partial charge in [-0.2, -0.15) is 8.78 Å². The van der Waals surface area contributed by atoms with E-state index in [0.717, 1.165) is 6.08 Å². The SMILES string of the molecule is CCCC(F)(F)C(=O)C=CC[C@@H]1[C@H]2CC(=O)O[C@H]2C[C@H]1OC(C)=O. The highest BCUT2D eigenvalue weighted by molar-refractivity contribution is 5.95. The summed E-state index contributed by atoms with van der Waals surface area (Å²) < 4.78 is 37.5. The van der Waals surface area contributed by atoms with Crippen molar-refractivity contribution >= 4 is 17.7 Å². The topological polar surface area (TPSA) is 69.7 Å². The lowest BCUT2D eigenvalue weighted by molar-refractivity contribution is -0.149. The molecule has 7 heteroatoms. The normalized spacial score (nSPS) is 29.6. The van der Waals surface area contributed by atoms with Gasteiger partial charge in [-0.1, -0.05) is 13.0 Å². The van der Waals surface area contributed by atoms with Crippen molar-refractivity contribution in [3.8, 4) is 0 Å². The molecule has 2 aliphatic rings. The highest BCUT2D eigenvalue weighted by Crippen LogP contribution is 2.44. The zero-order chi connectivity index (χ0) is 17.9. The molecule has 0 unspecified atom stereocenters. The molecule has 134 valence electrons. The number of hydrogen-bond donors (Lipinski definition) is 0. The van der Waals surface area contributed by atoms with E-state index >= 15 is 0 Å². The second kappa shape index (κ2) is 7.40. The van der Waals surface area contributed by atoms with Gasteiger partial charge in [0.1, 0.15) is 12.2 Å². The number of alkyl halides is 2. The fraction of sp³-hybridized carbons (Fsp3) is 0.706. The number of fused-ring (bicyclic) bond motifs is 1. The molecule has 0 aromatic carbocycles. The Morgan fingerprint density at radius 2 is 2.12 bits per heavy atom. The minimum Gasteiger partial charge on any atom is -0.462 e. The van der Waals surface area contributed by atoms with Crippen LogP contribution in [0.2, 0.25) is 0 Å². The molecule has 5 nitrogen and oxygen atoms in total. The van der Waals surface area contributed by atoms with Gasteiger partial charge in [0.2, 0.25) is 5.78 Å². The summed E-state index contributed by atoms with van der Waals surface area (Å²) in [5.41, 5.74) is 0. The van der Waals surface area contributed by atoms with E-state index in [2.05, 4.69) is 0 Å². The molecule has 0 bridgehead atoms. The van der Waals surface area contributed by atoms with Crippen molar-refractivity contribution in [1.29, 1.82) is 0 Å². The van der Waals surface area contributed by atoms with Crippen molar-refractivity contribution in [3.05, 3.63) is 12.2 Å². The van der Waals surface area contributed by atoms with Crippen molar-refractivity contribution in [3.63, 3.8) is 0 Å². The second-order valence-corrected chi connectivity index (χ2v) is 6.40. The van der Waals surface area contributed by atoms with Crippen LogP contribution in [0.4, 0.5) is 8.78 Å². The third kappa shape index (κ3) is 4.19. The number of rotatable bonds is 7. The molecule has 0 amide bonds. The first-order valence-corrected chi connectivity index (χ1v) is 8.20. The monoisotopic (exact) mass is 344 g/mol. The van der Waals surface area contributed by atoms with Crippen LogP contribution in [0.3, 0.4) is 0 Å². The van der Waals surface area contributed by atoms with Crippen LogP contribution in [0, 0.1) is 11.8 Å². The van der Waals surface area contributed by atoms with Crippen molar-refractivity contribution < 1.29 is 32.6 Å². The van der Waals surface area contributed by atoms with Gasteiger partial charge in [0.25, 0.3) is 0 Å². The molecule has 0 radical (unpaired) electrons. The number of carbonyl (C=O) groups excluding carboxylic acids is 3. The average molecular weight is 344 g/mol. The van der Waals surface area contributed by atoms with E-state index in [1.165, 1.54) is 13.0 Å². The fourth-order valence-electron chi connectivity index (χ4n) is 3.52. The third-order valence-corrected chi connectivity index (χ3v) is 4.57. The van der Waals surface area contributed by atoms with Gasteiger partial charge in [0.15, 0.2) is 0 Å². The predicted octanol–water partition coefficient (Wildman–Crippen LogP) is 2.82. The maximum Gasteiger partial charge on any atom is 0.309 e. The zero-order valence-corrected chi connectivity index (χ0v) is 13.8. The van der Waals surface area contributed by atoms with Crippen LogP contribution in [0.1, 0.15) is 46.0 Å².